The Balaban J connectivity index is 1.71. The number of rotatable bonds is 6. The molecule has 1 aliphatic heterocycles. The Hall–Kier alpha value is -2.84. The van der Waals surface area contributed by atoms with Gasteiger partial charge in [-0.25, -0.2) is 0 Å². The van der Waals surface area contributed by atoms with Crippen LogP contribution in [0.5, 0.6) is 0 Å². The van der Waals surface area contributed by atoms with Gasteiger partial charge in [-0.05, 0) is 56.9 Å². The molecule has 2 heterocycles. The van der Waals surface area contributed by atoms with Crippen LogP contribution in [-0.2, 0) is 22.6 Å². The maximum atomic E-state index is 12.5. The number of aromatic nitrogens is 1. The molecule has 1 aromatic carbocycles. The van der Waals surface area contributed by atoms with Crippen LogP contribution < -0.4 is 5.32 Å². The highest BCUT2D eigenvalue weighted by Crippen LogP contribution is 2.22. The zero-order valence-corrected chi connectivity index (χ0v) is 16.8. The van der Waals surface area contributed by atoms with Crippen LogP contribution in [0, 0.1) is 32.1 Å². The lowest BCUT2D eigenvalue weighted by Crippen LogP contribution is -2.24. The minimum atomic E-state index is -0.355. The molecule has 1 saturated heterocycles. The van der Waals surface area contributed by atoms with Crippen molar-refractivity contribution >= 4 is 12.0 Å². The Morgan fingerprint density at radius 1 is 1.32 bits per heavy atom. The predicted octanol–water partition coefficient (Wildman–Crippen LogP) is 3.82. The number of carbonyl (C=O) groups is 1. The summed E-state index contributed by atoms with van der Waals surface area (Å²) in [5.41, 5.74) is 5.35. The molecule has 1 N–H and O–H groups in total. The van der Waals surface area contributed by atoms with Crippen LogP contribution in [0.15, 0.2) is 35.9 Å². The summed E-state index contributed by atoms with van der Waals surface area (Å²) in [4.78, 5) is 12.5. The number of benzene rings is 1. The molecule has 0 radical (unpaired) electrons. The molecule has 5 nitrogen and oxygen atoms in total. The van der Waals surface area contributed by atoms with Gasteiger partial charge in [-0.3, -0.25) is 4.79 Å². The molecule has 0 saturated carbocycles. The molecule has 3 rings (SSSR count). The lowest BCUT2D eigenvalue weighted by atomic mass is 10.1. The highest BCUT2D eigenvalue weighted by Gasteiger charge is 2.19. The Morgan fingerprint density at radius 3 is 2.71 bits per heavy atom. The van der Waals surface area contributed by atoms with Crippen molar-refractivity contribution in [3.63, 3.8) is 0 Å². The minimum absolute atomic E-state index is 0.115. The second-order valence-electron chi connectivity index (χ2n) is 7.41. The van der Waals surface area contributed by atoms with E-state index in [4.69, 9.17) is 4.74 Å². The molecule has 0 unspecified atom stereocenters. The van der Waals surface area contributed by atoms with Crippen molar-refractivity contribution in [2.24, 2.45) is 0 Å². The van der Waals surface area contributed by atoms with Crippen LogP contribution in [-0.4, -0.2) is 23.2 Å². The normalized spacial score (nSPS) is 16.8. The van der Waals surface area contributed by atoms with Crippen molar-refractivity contribution in [3.8, 4) is 6.07 Å². The first kappa shape index (κ1) is 19.9. The number of nitrogens with one attached hydrogen (secondary N) is 1. The summed E-state index contributed by atoms with van der Waals surface area (Å²) < 4.78 is 7.95. The van der Waals surface area contributed by atoms with E-state index in [1.165, 1.54) is 5.56 Å². The van der Waals surface area contributed by atoms with E-state index in [9.17, 15) is 10.1 Å². The molecule has 1 aromatic heterocycles. The maximum absolute atomic E-state index is 12.5. The summed E-state index contributed by atoms with van der Waals surface area (Å²) in [5, 5.41) is 12.3. The van der Waals surface area contributed by atoms with Gasteiger partial charge in [-0.1, -0.05) is 29.8 Å². The summed E-state index contributed by atoms with van der Waals surface area (Å²) in [5.74, 6) is -0.355. The second-order valence-corrected chi connectivity index (χ2v) is 7.41. The van der Waals surface area contributed by atoms with Gasteiger partial charge in [0.25, 0.3) is 5.91 Å². The molecule has 0 aliphatic carbocycles. The van der Waals surface area contributed by atoms with Crippen molar-refractivity contribution in [1.29, 1.82) is 5.26 Å². The number of hydrogen-bond donors (Lipinski definition) is 1. The Labute approximate surface area is 166 Å². The summed E-state index contributed by atoms with van der Waals surface area (Å²) in [7, 11) is 0. The Kier molecular flexibility index (Phi) is 6.33. The number of nitriles is 1. The molecule has 5 heteroatoms. The van der Waals surface area contributed by atoms with Crippen LogP contribution in [0.2, 0.25) is 0 Å². The van der Waals surface area contributed by atoms with Gasteiger partial charge in [0.05, 0.1) is 6.10 Å². The molecular formula is C23H27N3O2. The molecule has 1 amide bonds. The standard InChI is InChI=1S/C23H27N3O2/c1-16-6-8-19(9-7-16)14-25-23(27)21(13-24)12-20-11-17(2)26(18(20)3)15-22-5-4-10-28-22/h6-9,11-12,22H,4-5,10,14-15H2,1-3H3,(H,25,27)/b21-12+/t22-/m1/s1. The zero-order chi connectivity index (χ0) is 20.1. The average molecular weight is 377 g/mol. The van der Waals surface area contributed by atoms with Crippen molar-refractivity contribution in [2.45, 2.75) is 52.8 Å². The average Bonchev–Trinajstić information content (AvgIpc) is 3.29. The molecule has 146 valence electrons. The second kappa shape index (κ2) is 8.90. The third-order valence-corrected chi connectivity index (χ3v) is 5.26. The summed E-state index contributed by atoms with van der Waals surface area (Å²) in [6, 6.07) is 12.0. The molecule has 1 fully saturated rings. The molecule has 1 atom stereocenters. The summed E-state index contributed by atoms with van der Waals surface area (Å²) >= 11 is 0. The molecular weight excluding hydrogens is 350 g/mol. The van der Waals surface area contributed by atoms with Crippen LogP contribution in [0.25, 0.3) is 6.08 Å². The largest absolute Gasteiger partial charge is 0.376 e. The molecule has 0 bridgehead atoms. The maximum Gasteiger partial charge on any atom is 0.262 e. The lowest BCUT2D eigenvalue weighted by Gasteiger charge is -2.14. The van der Waals surface area contributed by atoms with Crippen molar-refractivity contribution in [1.82, 2.24) is 9.88 Å². The number of carbonyl (C=O) groups excluding carboxylic acids is 1. The van der Waals surface area contributed by atoms with Gasteiger partial charge >= 0.3 is 0 Å². The fraction of sp³-hybridized carbons (Fsp3) is 0.391. The third-order valence-electron chi connectivity index (χ3n) is 5.26. The number of hydrogen-bond acceptors (Lipinski definition) is 3. The van der Waals surface area contributed by atoms with E-state index in [1.54, 1.807) is 6.08 Å². The Morgan fingerprint density at radius 2 is 2.07 bits per heavy atom. The number of aryl methyl sites for hydroxylation is 2. The third kappa shape index (κ3) is 4.71. The summed E-state index contributed by atoms with van der Waals surface area (Å²) in [6.45, 7) is 8.13. The van der Waals surface area contributed by atoms with E-state index >= 15 is 0 Å². The SMILES string of the molecule is Cc1ccc(CNC(=O)/C(C#N)=C/c2cc(C)n(C[C@H]3CCCO3)c2C)cc1. The monoisotopic (exact) mass is 377 g/mol. The van der Waals surface area contributed by atoms with Gasteiger partial charge < -0.3 is 14.6 Å². The van der Waals surface area contributed by atoms with E-state index < -0.39 is 0 Å². The predicted molar refractivity (Wildman–Crippen MR) is 109 cm³/mol. The number of nitrogens with zero attached hydrogens (tertiary/aromatic N) is 2. The van der Waals surface area contributed by atoms with Crippen LogP contribution in [0.3, 0.4) is 0 Å². The highest BCUT2D eigenvalue weighted by atomic mass is 16.5. The smallest absolute Gasteiger partial charge is 0.262 e. The van der Waals surface area contributed by atoms with Gasteiger partial charge in [-0.15, -0.1) is 0 Å². The van der Waals surface area contributed by atoms with E-state index in [0.717, 1.165) is 48.5 Å². The van der Waals surface area contributed by atoms with E-state index in [-0.39, 0.29) is 17.6 Å². The lowest BCUT2D eigenvalue weighted by molar-refractivity contribution is -0.117. The van der Waals surface area contributed by atoms with Crippen LogP contribution in [0.4, 0.5) is 0 Å². The van der Waals surface area contributed by atoms with Crippen LogP contribution >= 0.6 is 0 Å². The van der Waals surface area contributed by atoms with Gasteiger partial charge in [0, 0.05) is 31.1 Å². The van der Waals surface area contributed by atoms with E-state index in [1.807, 2.05) is 57.2 Å². The fourth-order valence-corrected chi connectivity index (χ4v) is 3.53. The van der Waals surface area contributed by atoms with Crippen molar-refractivity contribution < 1.29 is 9.53 Å². The highest BCUT2D eigenvalue weighted by molar-refractivity contribution is 6.01. The van der Waals surface area contributed by atoms with Gasteiger partial charge in [-0.2, -0.15) is 5.26 Å². The van der Waals surface area contributed by atoms with Gasteiger partial charge in [0.1, 0.15) is 11.6 Å². The van der Waals surface area contributed by atoms with Crippen molar-refractivity contribution in [3.05, 3.63) is 64.0 Å². The molecule has 2 aromatic rings. The van der Waals surface area contributed by atoms with E-state index in [2.05, 4.69) is 9.88 Å². The number of amides is 1. The van der Waals surface area contributed by atoms with Crippen LogP contribution in [0.1, 0.15) is 40.9 Å². The first-order valence-electron chi connectivity index (χ1n) is 9.72. The van der Waals surface area contributed by atoms with Gasteiger partial charge in [0.15, 0.2) is 0 Å². The quantitative estimate of drug-likeness (QED) is 0.615. The zero-order valence-electron chi connectivity index (χ0n) is 16.8. The molecule has 0 spiro atoms. The first-order chi connectivity index (χ1) is 13.5. The number of ether oxygens (including phenoxy) is 1. The fourth-order valence-electron chi connectivity index (χ4n) is 3.53. The summed E-state index contributed by atoms with van der Waals surface area (Å²) in [6.07, 6.45) is 4.11. The molecule has 28 heavy (non-hydrogen) atoms. The van der Waals surface area contributed by atoms with Gasteiger partial charge in [0.2, 0.25) is 0 Å². The molecule has 1 aliphatic rings. The van der Waals surface area contributed by atoms with Crippen molar-refractivity contribution in [2.75, 3.05) is 6.61 Å². The minimum Gasteiger partial charge on any atom is -0.376 e. The Bertz CT molecular complexity index is 911. The first-order valence-corrected chi connectivity index (χ1v) is 9.72. The van der Waals surface area contributed by atoms with E-state index in [0.29, 0.717) is 6.54 Å². The topological polar surface area (TPSA) is 67.0 Å².